The van der Waals surface area contributed by atoms with Gasteiger partial charge in [-0.15, -0.1) is 0 Å². The third-order valence-electron chi connectivity index (χ3n) is 4.49. The summed E-state index contributed by atoms with van der Waals surface area (Å²) in [5, 5.41) is 59.6. The number of rotatable bonds is 9. The number of ether oxygens (including phenoxy) is 2. The van der Waals surface area contributed by atoms with E-state index in [9.17, 15) is 30.3 Å². The van der Waals surface area contributed by atoms with E-state index in [1.54, 1.807) is 6.92 Å². The molecule has 156 valence electrons. The van der Waals surface area contributed by atoms with Gasteiger partial charge in [0.15, 0.2) is 6.10 Å². The summed E-state index contributed by atoms with van der Waals surface area (Å²) >= 11 is 0. The lowest BCUT2D eigenvalue weighted by molar-refractivity contribution is -0.0778. The molecular weight excluding hydrogens is 372 g/mol. The molecule has 1 aromatic carbocycles. The lowest BCUT2D eigenvalue weighted by Crippen LogP contribution is -2.39. The minimum absolute atomic E-state index is 0.0963. The molecule has 0 radical (unpaired) electrons. The summed E-state index contributed by atoms with van der Waals surface area (Å²) in [6, 6.07) is 2.67. The van der Waals surface area contributed by atoms with Crippen molar-refractivity contribution in [1.82, 2.24) is 0 Å². The Kier molecular flexibility index (Phi) is 7.39. The Balaban J connectivity index is 2.07. The fourth-order valence-electron chi connectivity index (χ4n) is 2.98. The Morgan fingerprint density at radius 1 is 1.21 bits per heavy atom. The van der Waals surface area contributed by atoms with Crippen LogP contribution in [-0.4, -0.2) is 74.2 Å². The molecule has 6 atom stereocenters. The van der Waals surface area contributed by atoms with Crippen LogP contribution in [0.5, 0.6) is 11.5 Å². The van der Waals surface area contributed by atoms with Crippen LogP contribution in [0.15, 0.2) is 24.3 Å². The quantitative estimate of drug-likeness (QED) is 0.244. The number of aliphatic hydroxyl groups is 5. The molecule has 0 fully saturated rings. The number of benzene rings is 1. The molecule has 9 heteroatoms. The van der Waals surface area contributed by atoms with Gasteiger partial charge in [-0.2, -0.15) is 0 Å². The lowest BCUT2D eigenvalue weighted by Gasteiger charge is -2.25. The van der Waals surface area contributed by atoms with Crippen molar-refractivity contribution in [2.75, 3.05) is 7.11 Å². The summed E-state index contributed by atoms with van der Waals surface area (Å²) in [4.78, 5) is 12.0. The number of phenolic OH excluding ortho intramolecular Hbond substituents is 1. The Labute approximate surface area is 162 Å². The second-order valence-corrected chi connectivity index (χ2v) is 6.80. The monoisotopic (exact) mass is 398 g/mol. The summed E-state index contributed by atoms with van der Waals surface area (Å²) in [6.07, 6.45) is -5.17. The summed E-state index contributed by atoms with van der Waals surface area (Å²) in [5.41, 5.74) is 0.106. The molecule has 2 rings (SSSR count). The van der Waals surface area contributed by atoms with Crippen LogP contribution in [0.1, 0.15) is 41.8 Å². The molecule has 0 spiro atoms. The molecule has 0 aromatic heterocycles. The molecule has 6 N–H and O–H groups in total. The number of methoxy groups -OCH3 is 1. The van der Waals surface area contributed by atoms with Crippen LogP contribution in [0.2, 0.25) is 0 Å². The van der Waals surface area contributed by atoms with Gasteiger partial charge < -0.3 is 40.1 Å². The highest BCUT2D eigenvalue weighted by Gasteiger charge is 2.40. The second kappa shape index (κ2) is 9.35. The van der Waals surface area contributed by atoms with Crippen LogP contribution in [0.25, 0.3) is 0 Å². The molecule has 0 aliphatic carbocycles. The Bertz CT molecular complexity index is 716. The van der Waals surface area contributed by atoms with Gasteiger partial charge >= 0.3 is 5.97 Å². The second-order valence-electron chi connectivity index (χ2n) is 6.80. The maximum atomic E-state index is 12.0. The zero-order chi connectivity index (χ0) is 21.0. The number of fused-ring (bicyclic) bond motifs is 1. The molecule has 0 bridgehead atoms. The summed E-state index contributed by atoms with van der Waals surface area (Å²) in [6.45, 7) is 1.56. The minimum atomic E-state index is -1.60. The molecule has 0 amide bonds. The number of esters is 1. The zero-order valence-electron chi connectivity index (χ0n) is 15.6. The van der Waals surface area contributed by atoms with E-state index in [0.717, 1.165) is 0 Å². The van der Waals surface area contributed by atoms with E-state index in [4.69, 9.17) is 14.6 Å². The Hall–Kier alpha value is -2.17. The van der Waals surface area contributed by atoms with E-state index in [-0.39, 0.29) is 29.0 Å². The van der Waals surface area contributed by atoms with Crippen LogP contribution in [0.3, 0.4) is 0 Å². The smallest absolute Gasteiger partial charge is 0.343 e. The van der Waals surface area contributed by atoms with Gasteiger partial charge in [-0.25, -0.2) is 4.79 Å². The SMILES string of the molecule is COc1cc(O)c2c(c1)[C@H]([C@@H](O)C[C@H](O)[C@H](O)[C@@H](O)/C=C/C[C@H](C)O)OC2=O. The number of aliphatic hydroxyl groups excluding tert-OH is 5. The molecular formula is C19H26O9. The first-order chi connectivity index (χ1) is 13.1. The van der Waals surface area contributed by atoms with Crippen molar-refractivity contribution < 1.29 is 44.9 Å². The van der Waals surface area contributed by atoms with E-state index in [1.807, 2.05) is 0 Å². The van der Waals surface area contributed by atoms with Crippen molar-refractivity contribution in [1.29, 1.82) is 0 Å². The van der Waals surface area contributed by atoms with E-state index in [2.05, 4.69) is 0 Å². The molecule has 0 unspecified atom stereocenters. The highest BCUT2D eigenvalue weighted by Crippen LogP contribution is 2.41. The topological polar surface area (TPSA) is 157 Å². The summed E-state index contributed by atoms with van der Waals surface area (Å²) < 4.78 is 10.1. The molecule has 1 aliphatic heterocycles. The van der Waals surface area contributed by atoms with Crippen LogP contribution in [-0.2, 0) is 4.74 Å². The van der Waals surface area contributed by atoms with Gasteiger partial charge in [0.05, 0.1) is 25.4 Å². The van der Waals surface area contributed by atoms with E-state index in [1.165, 1.54) is 31.4 Å². The lowest BCUT2D eigenvalue weighted by atomic mass is 9.94. The number of hydrogen-bond acceptors (Lipinski definition) is 9. The highest BCUT2D eigenvalue weighted by atomic mass is 16.6. The van der Waals surface area contributed by atoms with E-state index < -0.39 is 49.0 Å². The van der Waals surface area contributed by atoms with Crippen molar-refractivity contribution in [3.63, 3.8) is 0 Å². The fraction of sp³-hybridized carbons (Fsp3) is 0.526. The van der Waals surface area contributed by atoms with Crippen molar-refractivity contribution in [2.45, 2.75) is 56.4 Å². The number of carbonyl (C=O) groups excluding carboxylic acids is 1. The van der Waals surface area contributed by atoms with Crippen molar-refractivity contribution in [3.8, 4) is 11.5 Å². The standard InChI is InChI=1S/C19H26O9/c1-9(20)4-3-5-12(21)17(25)14(23)8-15(24)18-11-6-10(27-2)7-13(22)16(11)19(26)28-18/h3,5-7,9,12,14-15,17-18,20-25H,4,8H2,1-2H3/b5-3+/t9-,12-,14-,15-,17+,18+/m0/s1. The van der Waals surface area contributed by atoms with Gasteiger partial charge in [0.2, 0.25) is 0 Å². The van der Waals surface area contributed by atoms with Crippen LogP contribution < -0.4 is 4.74 Å². The predicted octanol–water partition coefficient (Wildman–Crippen LogP) is -0.227. The first-order valence-electron chi connectivity index (χ1n) is 8.84. The molecule has 9 nitrogen and oxygen atoms in total. The number of carbonyl (C=O) groups is 1. The molecule has 28 heavy (non-hydrogen) atoms. The number of phenols is 1. The summed E-state index contributed by atoms with van der Waals surface area (Å²) in [5.74, 6) is -0.922. The van der Waals surface area contributed by atoms with Crippen LogP contribution >= 0.6 is 0 Å². The van der Waals surface area contributed by atoms with Gasteiger partial charge in [-0.1, -0.05) is 12.2 Å². The van der Waals surface area contributed by atoms with Crippen molar-refractivity contribution in [2.24, 2.45) is 0 Å². The van der Waals surface area contributed by atoms with Gasteiger partial charge in [-0.3, -0.25) is 0 Å². The number of aromatic hydroxyl groups is 1. The highest BCUT2D eigenvalue weighted by molar-refractivity contribution is 5.97. The third-order valence-corrected chi connectivity index (χ3v) is 4.49. The zero-order valence-corrected chi connectivity index (χ0v) is 15.6. The minimum Gasteiger partial charge on any atom is -0.507 e. The van der Waals surface area contributed by atoms with Gasteiger partial charge in [-0.05, 0) is 19.4 Å². The van der Waals surface area contributed by atoms with Crippen LogP contribution in [0.4, 0.5) is 0 Å². The Morgan fingerprint density at radius 3 is 2.50 bits per heavy atom. The first kappa shape index (κ1) is 22.1. The van der Waals surface area contributed by atoms with Gasteiger partial charge in [0.1, 0.15) is 29.3 Å². The molecule has 1 heterocycles. The van der Waals surface area contributed by atoms with Gasteiger partial charge in [0.25, 0.3) is 0 Å². The average Bonchev–Trinajstić information content (AvgIpc) is 2.97. The third kappa shape index (κ3) is 5.00. The van der Waals surface area contributed by atoms with E-state index >= 15 is 0 Å². The van der Waals surface area contributed by atoms with Crippen LogP contribution in [0, 0.1) is 0 Å². The predicted molar refractivity (Wildman–Crippen MR) is 96.9 cm³/mol. The molecule has 1 aromatic rings. The fourth-order valence-corrected chi connectivity index (χ4v) is 2.98. The van der Waals surface area contributed by atoms with Crippen molar-refractivity contribution in [3.05, 3.63) is 35.4 Å². The number of hydrogen-bond donors (Lipinski definition) is 6. The van der Waals surface area contributed by atoms with Crippen molar-refractivity contribution >= 4 is 5.97 Å². The average molecular weight is 398 g/mol. The summed E-state index contributed by atoms with van der Waals surface area (Å²) in [7, 11) is 1.37. The van der Waals surface area contributed by atoms with Gasteiger partial charge in [0, 0.05) is 18.1 Å². The maximum absolute atomic E-state index is 12.0. The van der Waals surface area contributed by atoms with E-state index in [0.29, 0.717) is 0 Å². The normalized spacial score (nSPS) is 21.7. The maximum Gasteiger partial charge on any atom is 0.343 e. The Morgan fingerprint density at radius 2 is 1.89 bits per heavy atom. The first-order valence-corrected chi connectivity index (χ1v) is 8.84. The molecule has 0 saturated carbocycles. The molecule has 1 aliphatic rings. The largest absolute Gasteiger partial charge is 0.507 e. The molecule has 0 saturated heterocycles. The number of cyclic esters (lactones) is 1.